The van der Waals surface area contributed by atoms with Crippen molar-refractivity contribution in [1.82, 2.24) is 0 Å². The van der Waals surface area contributed by atoms with E-state index >= 15 is 0 Å². The number of fused-ring (bicyclic) bond motifs is 4. The number of carbonyl (C=O) groups is 6. The van der Waals surface area contributed by atoms with Crippen LogP contribution in [0.1, 0.15) is 45.0 Å². The highest BCUT2D eigenvalue weighted by atomic mass is 16.5. The number of allylic oxidation sites excluding steroid dienone is 2. The fourth-order valence-corrected chi connectivity index (χ4v) is 8.11. The molecule has 250 valence electrons. The lowest BCUT2D eigenvalue weighted by Gasteiger charge is -2.44. The molecule has 2 aliphatic heterocycles. The topological polar surface area (TPSA) is 188 Å². The van der Waals surface area contributed by atoms with Gasteiger partial charge in [-0.15, -0.1) is 0 Å². The second-order valence-electron chi connectivity index (χ2n) is 12.5. The Morgan fingerprint density at radius 3 is 1.73 bits per heavy atom. The molecule has 0 aromatic heterocycles. The molecule has 0 radical (unpaired) electrons. The van der Waals surface area contributed by atoms with Gasteiger partial charge >= 0.3 is 11.9 Å². The van der Waals surface area contributed by atoms with E-state index in [1.54, 1.807) is 6.07 Å². The zero-order chi connectivity index (χ0) is 34.9. The van der Waals surface area contributed by atoms with E-state index in [0.717, 1.165) is 9.80 Å². The number of hydrogen-bond acceptors (Lipinski definition) is 9. The first kappa shape index (κ1) is 31.6. The van der Waals surface area contributed by atoms with Crippen LogP contribution in [0.5, 0.6) is 17.2 Å². The van der Waals surface area contributed by atoms with Crippen LogP contribution in [0.3, 0.4) is 0 Å². The first-order valence-corrected chi connectivity index (χ1v) is 15.5. The summed E-state index contributed by atoms with van der Waals surface area (Å²) in [6.07, 6.45) is 2.03. The number of aromatic carboxylic acids is 2. The van der Waals surface area contributed by atoms with E-state index in [0.29, 0.717) is 5.57 Å². The number of nitrogens with zero attached hydrogens (tertiary/aromatic N) is 2. The van der Waals surface area contributed by atoms with Crippen molar-refractivity contribution in [3.63, 3.8) is 0 Å². The first-order chi connectivity index (χ1) is 23.5. The van der Waals surface area contributed by atoms with Crippen molar-refractivity contribution in [2.45, 2.75) is 18.8 Å². The third-order valence-corrected chi connectivity index (χ3v) is 10.3. The van der Waals surface area contributed by atoms with Crippen molar-refractivity contribution in [3.8, 4) is 17.2 Å². The number of aromatic hydroxyl groups is 1. The second-order valence-corrected chi connectivity index (χ2v) is 12.5. The summed E-state index contributed by atoms with van der Waals surface area (Å²) >= 11 is 0. The molecule has 13 nitrogen and oxygen atoms in total. The van der Waals surface area contributed by atoms with Gasteiger partial charge in [-0.25, -0.2) is 9.59 Å². The molecule has 3 aromatic carbocycles. The highest BCUT2D eigenvalue weighted by Gasteiger charge is 2.63. The number of anilines is 2. The van der Waals surface area contributed by atoms with E-state index in [9.17, 15) is 44.1 Å². The van der Waals surface area contributed by atoms with E-state index in [1.807, 2.05) is 6.08 Å². The molecule has 0 bridgehead atoms. The molecule has 2 heterocycles. The molecule has 4 aliphatic rings. The zero-order valence-electron chi connectivity index (χ0n) is 26.2. The van der Waals surface area contributed by atoms with Crippen LogP contribution < -0.4 is 19.3 Å². The van der Waals surface area contributed by atoms with Crippen LogP contribution in [0.2, 0.25) is 0 Å². The number of carboxylic acid groups (broad SMARTS) is 2. The van der Waals surface area contributed by atoms with Gasteiger partial charge in [0.25, 0.3) is 0 Å². The summed E-state index contributed by atoms with van der Waals surface area (Å²) in [5.74, 6) is -9.42. The number of rotatable bonds is 7. The van der Waals surface area contributed by atoms with E-state index in [-0.39, 0.29) is 58.2 Å². The van der Waals surface area contributed by atoms with Gasteiger partial charge in [0.1, 0.15) is 17.2 Å². The average molecular weight is 667 g/mol. The summed E-state index contributed by atoms with van der Waals surface area (Å²) in [6.45, 7) is 0. The Kier molecular flexibility index (Phi) is 7.49. The largest absolute Gasteiger partial charge is 0.507 e. The maximum atomic E-state index is 14.4. The second kappa shape index (κ2) is 11.6. The van der Waals surface area contributed by atoms with Gasteiger partial charge in [-0.1, -0.05) is 11.6 Å². The quantitative estimate of drug-likeness (QED) is 0.245. The SMILES string of the molecule is COc1cc(O)c([C@H]2C3=CC[C@@H]4C(=O)N(c5ccc(C(=O)O)cc5)C(=O)[C@@H]4[C@@H]3C[C@H]3C(=O)N(c4ccc(C(=O)O)cc4)C(=O)[C@@H]23)c(OC)c1. The molecule has 4 amide bonds. The van der Waals surface area contributed by atoms with Gasteiger partial charge in [0.05, 0.1) is 60.4 Å². The number of ether oxygens (including phenoxy) is 2. The van der Waals surface area contributed by atoms with Crippen LogP contribution in [-0.4, -0.2) is 65.1 Å². The number of benzene rings is 3. The number of methoxy groups -OCH3 is 2. The lowest BCUT2D eigenvalue weighted by molar-refractivity contribution is -0.126. The van der Waals surface area contributed by atoms with E-state index in [2.05, 4.69) is 0 Å². The van der Waals surface area contributed by atoms with Gasteiger partial charge in [-0.3, -0.25) is 29.0 Å². The molecule has 2 saturated heterocycles. The minimum atomic E-state index is -1.17. The maximum absolute atomic E-state index is 14.4. The Hall–Kier alpha value is -5.98. The highest BCUT2D eigenvalue weighted by Crippen LogP contribution is 2.60. The van der Waals surface area contributed by atoms with Crippen molar-refractivity contribution < 1.29 is 53.6 Å². The molecule has 0 spiro atoms. The van der Waals surface area contributed by atoms with Crippen LogP contribution in [-0.2, 0) is 19.2 Å². The fourth-order valence-electron chi connectivity index (χ4n) is 8.11. The third-order valence-electron chi connectivity index (χ3n) is 10.3. The number of hydrogen-bond donors (Lipinski definition) is 3. The van der Waals surface area contributed by atoms with Gasteiger partial charge in [0.2, 0.25) is 23.6 Å². The molecule has 3 aromatic rings. The average Bonchev–Trinajstić information content (AvgIpc) is 3.50. The predicted octanol–water partition coefficient (Wildman–Crippen LogP) is 3.85. The number of phenols is 1. The minimum absolute atomic E-state index is 0.00908. The number of amides is 4. The molecule has 49 heavy (non-hydrogen) atoms. The number of carbonyl (C=O) groups excluding carboxylic acids is 4. The number of carboxylic acids is 2. The van der Waals surface area contributed by atoms with E-state index < -0.39 is 71.1 Å². The van der Waals surface area contributed by atoms with Crippen LogP contribution >= 0.6 is 0 Å². The molecule has 7 rings (SSSR count). The van der Waals surface area contributed by atoms with Crippen LogP contribution in [0.4, 0.5) is 11.4 Å². The smallest absolute Gasteiger partial charge is 0.335 e. The molecule has 3 fully saturated rings. The Bertz CT molecular complexity index is 1980. The summed E-state index contributed by atoms with van der Waals surface area (Å²) in [5, 5.41) is 30.1. The Morgan fingerprint density at radius 2 is 1.22 bits per heavy atom. The summed E-state index contributed by atoms with van der Waals surface area (Å²) in [6, 6.07) is 13.7. The van der Waals surface area contributed by atoms with Crippen molar-refractivity contribution in [3.05, 3.63) is 89.0 Å². The normalized spacial score (nSPS) is 25.8. The minimum Gasteiger partial charge on any atom is -0.507 e. The molecule has 6 atom stereocenters. The summed E-state index contributed by atoms with van der Waals surface area (Å²) < 4.78 is 11.0. The predicted molar refractivity (Wildman–Crippen MR) is 171 cm³/mol. The summed E-state index contributed by atoms with van der Waals surface area (Å²) in [7, 11) is 2.81. The number of phenolic OH excluding ortho intramolecular Hbond substituents is 1. The van der Waals surface area contributed by atoms with Gasteiger partial charge in [-0.2, -0.15) is 0 Å². The molecule has 2 aliphatic carbocycles. The summed E-state index contributed by atoms with van der Waals surface area (Å²) in [4.78, 5) is 81.5. The molecule has 3 N–H and O–H groups in total. The van der Waals surface area contributed by atoms with Crippen LogP contribution in [0.15, 0.2) is 72.3 Å². The highest BCUT2D eigenvalue weighted by molar-refractivity contribution is 6.24. The fraction of sp³-hybridized carbons (Fsp3) is 0.278. The van der Waals surface area contributed by atoms with Gasteiger partial charge in [0, 0.05) is 23.6 Å². The van der Waals surface area contributed by atoms with Gasteiger partial charge < -0.3 is 24.8 Å². The van der Waals surface area contributed by atoms with Crippen LogP contribution in [0, 0.1) is 29.6 Å². The number of imide groups is 2. The third kappa shape index (κ3) is 4.75. The van der Waals surface area contributed by atoms with Gasteiger partial charge in [-0.05, 0) is 67.3 Å². The molecule has 13 heteroatoms. The Morgan fingerprint density at radius 1 is 0.694 bits per heavy atom. The van der Waals surface area contributed by atoms with Crippen LogP contribution in [0.25, 0.3) is 0 Å². The van der Waals surface area contributed by atoms with E-state index in [1.165, 1.54) is 68.8 Å². The van der Waals surface area contributed by atoms with Crippen molar-refractivity contribution in [2.24, 2.45) is 29.6 Å². The molecule has 0 unspecified atom stereocenters. The summed E-state index contributed by atoms with van der Waals surface area (Å²) in [5.41, 5.74) is 1.21. The monoisotopic (exact) mass is 666 g/mol. The van der Waals surface area contributed by atoms with Crippen molar-refractivity contribution in [2.75, 3.05) is 24.0 Å². The maximum Gasteiger partial charge on any atom is 0.335 e. The lowest BCUT2D eigenvalue weighted by Crippen LogP contribution is -2.43. The molecular weight excluding hydrogens is 636 g/mol. The van der Waals surface area contributed by atoms with Gasteiger partial charge in [0.15, 0.2) is 0 Å². The van der Waals surface area contributed by atoms with E-state index in [4.69, 9.17) is 9.47 Å². The van der Waals surface area contributed by atoms with Crippen molar-refractivity contribution in [1.29, 1.82) is 0 Å². The molecular formula is C36H30N2O11. The lowest BCUT2D eigenvalue weighted by atomic mass is 9.57. The Balaban J connectivity index is 1.34. The Labute approximate surface area is 279 Å². The zero-order valence-corrected chi connectivity index (χ0v) is 26.2. The standard InChI is InChI=1S/C36H30N2O11/c1-48-20-13-25(39)30(26(14-20)49-2)28-21-11-12-22-27(33(42)37(31(22)40)18-7-3-16(4-8-18)35(44)45)23(21)15-24-29(28)34(43)38(32(24)41)19-9-5-17(6-10-19)36(46)47/h3-11,13-14,22-24,27-29,39H,12,15H2,1-2H3,(H,44,45)(H,46,47)/t22-,23+,24+,27-,28-,29+/m0/s1. The van der Waals surface area contributed by atoms with Crippen molar-refractivity contribution >= 4 is 46.9 Å². The first-order valence-electron chi connectivity index (χ1n) is 15.5. The molecule has 1 saturated carbocycles.